The Hall–Kier alpha value is -2.45. The number of fused-ring (bicyclic) bond motifs is 2. The molecule has 0 saturated carbocycles. The lowest BCUT2D eigenvalue weighted by Crippen LogP contribution is -2.37. The van der Waals surface area contributed by atoms with E-state index in [0.29, 0.717) is 30.9 Å². The monoisotopic (exact) mass is 387 g/mol. The molecule has 4 rings (SSSR count). The Kier molecular flexibility index (Phi) is 4.20. The van der Waals surface area contributed by atoms with Gasteiger partial charge in [-0.15, -0.1) is 0 Å². The van der Waals surface area contributed by atoms with E-state index in [1.165, 1.54) is 10.6 Å². The lowest BCUT2D eigenvalue weighted by molar-refractivity contribution is -0.124. The number of carbonyl (C=O) groups excluding carboxylic acids is 1. The van der Waals surface area contributed by atoms with Crippen molar-refractivity contribution in [2.45, 2.75) is 24.9 Å². The highest BCUT2D eigenvalue weighted by molar-refractivity contribution is 7.92. The van der Waals surface area contributed by atoms with Crippen molar-refractivity contribution in [3.05, 3.63) is 53.9 Å². The minimum Gasteiger partial charge on any atom is -0.367 e. The number of nitrogens with one attached hydrogen (secondary N) is 1. The molecule has 1 spiro atoms. The van der Waals surface area contributed by atoms with Crippen LogP contribution in [0.2, 0.25) is 0 Å². The highest BCUT2D eigenvalue weighted by Crippen LogP contribution is 2.48. The Balaban J connectivity index is 1.56. The first kappa shape index (κ1) is 17.9. The topological polar surface area (TPSA) is 88.6 Å². The van der Waals surface area contributed by atoms with Crippen LogP contribution in [0, 0.1) is 6.92 Å². The van der Waals surface area contributed by atoms with Crippen molar-refractivity contribution < 1.29 is 17.9 Å². The Bertz CT molecular complexity index is 990. The van der Waals surface area contributed by atoms with Gasteiger partial charge in [0, 0.05) is 17.7 Å². The molecule has 2 aliphatic heterocycles. The molecule has 0 aliphatic carbocycles. The van der Waals surface area contributed by atoms with Crippen LogP contribution in [0.1, 0.15) is 17.7 Å². The molecule has 1 amide bonds. The maximum absolute atomic E-state index is 12.6. The maximum atomic E-state index is 12.6. The molecule has 2 unspecified atom stereocenters. The molecule has 2 aromatic rings. The predicted molar refractivity (Wildman–Crippen MR) is 102 cm³/mol. The third-order valence-electron chi connectivity index (χ3n) is 5.20. The van der Waals surface area contributed by atoms with Gasteiger partial charge in [-0.05, 0) is 37.1 Å². The molecule has 1 fully saturated rings. The van der Waals surface area contributed by atoms with Crippen molar-refractivity contribution in [1.82, 2.24) is 4.98 Å². The van der Waals surface area contributed by atoms with E-state index in [0.717, 1.165) is 11.3 Å². The van der Waals surface area contributed by atoms with E-state index >= 15 is 0 Å². The van der Waals surface area contributed by atoms with Gasteiger partial charge in [0.15, 0.2) is 0 Å². The van der Waals surface area contributed by atoms with Crippen LogP contribution in [0.25, 0.3) is 0 Å². The van der Waals surface area contributed by atoms with Crippen LogP contribution >= 0.6 is 0 Å². The Morgan fingerprint density at radius 1 is 1.30 bits per heavy atom. The molecule has 0 radical (unpaired) electrons. The zero-order valence-electron chi connectivity index (χ0n) is 15.2. The second kappa shape index (κ2) is 6.31. The molecule has 142 valence electrons. The summed E-state index contributed by atoms with van der Waals surface area (Å²) in [5, 5.41) is 2.82. The largest absolute Gasteiger partial charge is 0.367 e. The maximum Gasteiger partial charge on any atom is 0.253 e. The number of benzene rings is 1. The lowest BCUT2D eigenvalue weighted by atomic mass is 9.80. The third kappa shape index (κ3) is 3.19. The van der Waals surface area contributed by atoms with Gasteiger partial charge in [-0.2, -0.15) is 0 Å². The lowest BCUT2D eigenvalue weighted by Gasteiger charge is -2.23. The Labute approximate surface area is 158 Å². The van der Waals surface area contributed by atoms with Crippen molar-refractivity contribution in [1.29, 1.82) is 0 Å². The SMILES string of the molecule is Cc1ccc(NC(=O)C2CC3(CO2)CN(S(C)(=O)=O)c2ccccc23)cn1. The minimum absolute atomic E-state index is 0.243. The fourth-order valence-corrected chi connectivity index (χ4v) is 4.84. The standard InChI is InChI=1S/C19H21N3O4S/c1-13-7-8-14(10-20-13)21-18(23)17-9-19(12-26-17)11-22(27(2,24)25)16-6-4-3-5-15(16)19/h3-8,10,17H,9,11-12H2,1-2H3,(H,21,23). The van der Waals surface area contributed by atoms with Crippen LogP contribution in [0.5, 0.6) is 0 Å². The molecule has 1 aromatic carbocycles. The van der Waals surface area contributed by atoms with Gasteiger partial charge < -0.3 is 10.1 Å². The molecule has 1 aromatic heterocycles. The van der Waals surface area contributed by atoms with E-state index in [2.05, 4.69) is 10.3 Å². The number of nitrogens with zero attached hydrogens (tertiary/aromatic N) is 2. The fourth-order valence-electron chi connectivity index (χ4n) is 3.84. The van der Waals surface area contributed by atoms with Crippen molar-refractivity contribution in [2.75, 3.05) is 29.0 Å². The summed E-state index contributed by atoms with van der Waals surface area (Å²) < 4.78 is 31.7. The number of para-hydroxylation sites is 1. The number of amides is 1. The normalized spacial score (nSPS) is 24.2. The van der Waals surface area contributed by atoms with Gasteiger partial charge in [-0.25, -0.2) is 8.42 Å². The molecule has 1 N–H and O–H groups in total. The number of anilines is 2. The van der Waals surface area contributed by atoms with Crippen LogP contribution < -0.4 is 9.62 Å². The molecule has 2 aliphatic rings. The first-order valence-electron chi connectivity index (χ1n) is 8.71. The number of sulfonamides is 1. The average molecular weight is 387 g/mol. The summed E-state index contributed by atoms with van der Waals surface area (Å²) in [7, 11) is -3.40. The van der Waals surface area contributed by atoms with Crippen LogP contribution in [0.4, 0.5) is 11.4 Å². The summed E-state index contributed by atoms with van der Waals surface area (Å²) in [4.78, 5) is 16.8. The highest BCUT2D eigenvalue weighted by Gasteiger charge is 2.52. The zero-order chi connectivity index (χ0) is 19.2. The molecule has 7 nitrogen and oxygen atoms in total. The number of aromatic nitrogens is 1. The Morgan fingerprint density at radius 3 is 2.78 bits per heavy atom. The third-order valence-corrected chi connectivity index (χ3v) is 6.33. The number of hydrogen-bond donors (Lipinski definition) is 1. The molecule has 27 heavy (non-hydrogen) atoms. The summed E-state index contributed by atoms with van der Waals surface area (Å²) in [6.07, 6.45) is 2.60. The van der Waals surface area contributed by atoms with Gasteiger partial charge in [0.2, 0.25) is 10.0 Å². The van der Waals surface area contributed by atoms with Crippen LogP contribution in [0.3, 0.4) is 0 Å². The van der Waals surface area contributed by atoms with Gasteiger partial charge in [-0.3, -0.25) is 14.1 Å². The van der Waals surface area contributed by atoms with Gasteiger partial charge in [0.05, 0.1) is 30.4 Å². The summed E-state index contributed by atoms with van der Waals surface area (Å²) in [6.45, 7) is 2.47. The first-order chi connectivity index (χ1) is 12.8. The second-order valence-electron chi connectivity index (χ2n) is 7.25. The van der Waals surface area contributed by atoms with Crippen molar-refractivity contribution in [3.63, 3.8) is 0 Å². The zero-order valence-corrected chi connectivity index (χ0v) is 16.0. The predicted octanol–water partition coefficient (Wildman–Crippen LogP) is 1.84. The van der Waals surface area contributed by atoms with E-state index < -0.39 is 21.5 Å². The smallest absolute Gasteiger partial charge is 0.253 e. The summed E-state index contributed by atoms with van der Waals surface area (Å²) in [6, 6.07) is 11.0. The summed E-state index contributed by atoms with van der Waals surface area (Å²) in [5.41, 5.74) is 2.56. The average Bonchev–Trinajstić information content (AvgIpc) is 3.20. The van der Waals surface area contributed by atoms with Gasteiger partial charge in [-0.1, -0.05) is 18.2 Å². The van der Waals surface area contributed by atoms with E-state index in [4.69, 9.17) is 4.74 Å². The van der Waals surface area contributed by atoms with E-state index in [1.807, 2.05) is 31.2 Å². The molecule has 2 atom stereocenters. The molecular weight excluding hydrogens is 366 g/mol. The van der Waals surface area contributed by atoms with Crippen molar-refractivity contribution in [2.24, 2.45) is 0 Å². The number of rotatable bonds is 3. The van der Waals surface area contributed by atoms with Crippen LogP contribution in [-0.2, 0) is 25.0 Å². The van der Waals surface area contributed by atoms with Gasteiger partial charge in [0.25, 0.3) is 5.91 Å². The molecule has 1 saturated heterocycles. The molecule has 8 heteroatoms. The number of carbonyl (C=O) groups is 1. The van der Waals surface area contributed by atoms with Crippen molar-refractivity contribution in [3.8, 4) is 0 Å². The van der Waals surface area contributed by atoms with Crippen LogP contribution in [-0.4, -0.2) is 44.8 Å². The van der Waals surface area contributed by atoms with Gasteiger partial charge >= 0.3 is 0 Å². The quantitative estimate of drug-likeness (QED) is 0.868. The van der Waals surface area contributed by atoms with Crippen molar-refractivity contribution >= 4 is 27.3 Å². The second-order valence-corrected chi connectivity index (χ2v) is 9.16. The van der Waals surface area contributed by atoms with E-state index in [9.17, 15) is 13.2 Å². The molecule has 3 heterocycles. The highest BCUT2D eigenvalue weighted by atomic mass is 32.2. The van der Waals surface area contributed by atoms with Gasteiger partial charge in [0.1, 0.15) is 6.10 Å². The van der Waals surface area contributed by atoms with E-state index in [-0.39, 0.29) is 5.91 Å². The first-order valence-corrected chi connectivity index (χ1v) is 10.6. The Morgan fingerprint density at radius 2 is 2.07 bits per heavy atom. The molecular formula is C19H21N3O4S. The number of pyridine rings is 1. The minimum atomic E-state index is -3.40. The number of hydrogen-bond acceptors (Lipinski definition) is 5. The summed E-state index contributed by atoms with van der Waals surface area (Å²) in [5.74, 6) is -0.243. The fraction of sp³-hybridized carbons (Fsp3) is 0.368. The number of aryl methyl sites for hydroxylation is 1. The molecule has 0 bridgehead atoms. The van der Waals surface area contributed by atoms with Crippen LogP contribution in [0.15, 0.2) is 42.6 Å². The van der Waals surface area contributed by atoms with E-state index in [1.54, 1.807) is 18.3 Å². The number of ether oxygens (including phenoxy) is 1. The summed E-state index contributed by atoms with van der Waals surface area (Å²) >= 11 is 0.